The highest BCUT2D eigenvalue weighted by molar-refractivity contribution is 5.26. The van der Waals surface area contributed by atoms with Gasteiger partial charge in [-0.2, -0.15) is 0 Å². The van der Waals surface area contributed by atoms with E-state index in [1.54, 1.807) is 7.11 Å². The van der Waals surface area contributed by atoms with Gasteiger partial charge in [0.1, 0.15) is 5.75 Å². The lowest BCUT2D eigenvalue weighted by atomic mass is 10.2. The van der Waals surface area contributed by atoms with E-state index >= 15 is 0 Å². The molecule has 1 aromatic carbocycles. The second-order valence-electron chi connectivity index (χ2n) is 4.30. The molecule has 1 aliphatic rings. The molecule has 0 aromatic heterocycles. The van der Waals surface area contributed by atoms with Crippen molar-refractivity contribution < 1.29 is 4.74 Å². The van der Waals surface area contributed by atoms with E-state index in [1.807, 2.05) is 12.1 Å². The number of methoxy groups -OCH3 is 1. The number of hydrogen-bond acceptors (Lipinski definition) is 4. The van der Waals surface area contributed by atoms with E-state index in [2.05, 4.69) is 27.7 Å². The Balaban J connectivity index is 1.69. The summed E-state index contributed by atoms with van der Waals surface area (Å²) in [7, 11) is 1.69. The molecular weight excluding hydrogens is 214 g/mol. The van der Waals surface area contributed by atoms with Gasteiger partial charge in [0.25, 0.3) is 0 Å². The zero-order chi connectivity index (χ0) is 11.9. The smallest absolute Gasteiger partial charge is 0.118 e. The van der Waals surface area contributed by atoms with E-state index in [9.17, 15) is 0 Å². The largest absolute Gasteiger partial charge is 0.497 e. The van der Waals surface area contributed by atoms with Gasteiger partial charge in [0.05, 0.1) is 7.11 Å². The maximum absolute atomic E-state index is 5.13. The summed E-state index contributed by atoms with van der Waals surface area (Å²) in [4.78, 5) is 2.43. The van der Waals surface area contributed by atoms with E-state index in [0.29, 0.717) is 0 Å². The molecule has 2 N–H and O–H groups in total. The van der Waals surface area contributed by atoms with Crippen LogP contribution in [0.2, 0.25) is 0 Å². The zero-order valence-corrected chi connectivity index (χ0v) is 10.4. The molecule has 1 aromatic rings. The molecule has 17 heavy (non-hydrogen) atoms. The van der Waals surface area contributed by atoms with Gasteiger partial charge in [0.15, 0.2) is 0 Å². The first-order valence-electron chi connectivity index (χ1n) is 6.15. The first-order valence-corrected chi connectivity index (χ1v) is 6.15. The van der Waals surface area contributed by atoms with Gasteiger partial charge in [-0.25, -0.2) is 0 Å². The molecule has 0 unspecified atom stereocenters. The molecule has 0 amide bonds. The molecule has 4 nitrogen and oxygen atoms in total. The highest BCUT2D eigenvalue weighted by atomic mass is 16.5. The molecule has 2 rings (SSSR count). The van der Waals surface area contributed by atoms with E-state index in [-0.39, 0.29) is 0 Å². The molecule has 4 heteroatoms. The average molecular weight is 235 g/mol. The molecule has 1 saturated heterocycles. The predicted octanol–water partition coefficient (Wildman–Crippen LogP) is 0.648. The molecule has 1 heterocycles. The minimum absolute atomic E-state index is 0.911. The third-order valence-corrected chi connectivity index (χ3v) is 3.03. The molecule has 0 aliphatic carbocycles. The Kier molecular flexibility index (Phi) is 4.79. The van der Waals surface area contributed by atoms with E-state index in [0.717, 1.165) is 45.1 Å². The summed E-state index contributed by atoms with van der Waals surface area (Å²) in [6, 6.07) is 8.21. The summed E-state index contributed by atoms with van der Waals surface area (Å²) < 4.78 is 5.13. The Labute approximate surface area is 103 Å². The first-order chi connectivity index (χ1) is 8.38. The zero-order valence-electron chi connectivity index (χ0n) is 10.4. The fourth-order valence-electron chi connectivity index (χ4n) is 1.97. The molecule has 0 radical (unpaired) electrons. The second-order valence-corrected chi connectivity index (χ2v) is 4.30. The normalized spacial score (nSPS) is 17.0. The minimum Gasteiger partial charge on any atom is -0.497 e. The number of benzene rings is 1. The van der Waals surface area contributed by atoms with E-state index in [4.69, 9.17) is 4.74 Å². The summed E-state index contributed by atoms with van der Waals surface area (Å²) in [5, 5.41) is 6.82. The Bertz CT molecular complexity index is 320. The number of rotatable bonds is 5. The van der Waals surface area contributed by atoms with Gasteiger partial charge in [0, 0.05) is 39.4 Å². The number of piperazine rings is 1. The third-order valence-electron chi connectivity index (χ3n) is 3.03. The van der Waals surface area contributed by atoms with Crippen molar-refractivity contribution in [2.45, 2.75) is 6.54 Å². The second kappa shape index (κ2) is 6.59. The van der Waals surface area contributed by atoms with Crippen LogP contribution < -0.4 is 15.4 Å². The van der Waals surface area contributed by atoms with Crippen molar-refractivity contribution in [3.63, 3.8) is 0 Å². The summed E-state index contributed by atoms with van der Waals surface area (Å²) in [5.74, 6) is 0.913. The predicted molar refractivity (Wildman–Crippen MR) is 69.1 cm³/mol. The Hall–Kier alpha value is -1.10. The van der Waals surface area contributed by atoms with Crippen LogP contribution in [0.3, 0.4) is 0 Å². The first kappa shape index (κ1) is 12.4. The lowest BCUT2D eigenvalue weighted by Crippen LogP contribution is -2.46. The van der Waals surface area contributed by atoms with Crippen molar-refractivity contribution in [3.05, 3.63) is 29.8 Å². The maximum atomic E-state index is 5.13. The van der Waals surface area contributed by atoms with Crippen molar-refractivity contribution in [1.29, 1.82) is 0 Å². The highest BCUT2D eigenvalue weighted by Gasteiger charge is 2.07. The molecule has 1 fully saturated rings. The van der Waals surface area contributed by atoms with Crippen LogP contribution in [-0.4, -0.2) is 44.9 Å². The van der Waals surface area contributed by atoms with Gasteiger partial charge < -0.3 is 15.4 Å². The van der Waals surface area contributed by atoms with Crippen LogP contribution in [0.5, 0.6) is 5.75 Å². The lowest BCUT2D eigenvalue weighted by Gasteiger charge is -2.27. The van der Waals surface area contributed by atoms with Crippen molar-refractivity contribution in [2.24, 2.45) is 0 Å². The van der Waals surface area contributed by atoms with Crippen molar-refractivity contribution in [2.75, 3.05) is 40.0 Å². The van der Waals surface area contributed by atoms with Gasteiger partial charge in [-0.1, -0.05) is 12.1 Å². The van der Waals surface area contributed by atoms with Crippen molar-refractivity contribution >= 4 is 0 Å². The van der Waals surface area contributed by atoms with E-state index < -0.39 is 0 Å². The number of nitrogens with zero attached hydrogens (tertiary/aromatic N) is 1. The van der Waals surface area contributed by atoms with Crippen LogP contribution in [0.15, 0.2) is 24.3 Å². The molecule has 0 saturated carbocycles. The van der Waals surface area contributed by atoms with E-state index in [1.165, 1.54) is 5.56 Å². The van der Waals surface area contributed by atoms with Gasteiger partial charge in [-0.3, -0.25) is 4.90 Å². The van der Waals surface area contributed by atoms with Crippen LogP contribution in [0.1, 0.15) is 5.56 Å². The summed E-state index contributed by atoms with van der Waals surface area (Å²) in [6.45, 7) is 6.35. The van der Waals surface area contributed by atoms with Crippen LogP contribution >= 0.6 is 0 Å². The number of ether oxygens (including phenoxy) is 1. The number of hydrogen-bond donors (Lipinski definition) is 2. The molecular formula is C13H21N3O. The Morgan fingerprint density at radius 3 is 2.59 bits per heavy atom. The third kappa shape index (κ3) is 4.00. The average Bonchev–Trinajstić information content (AvgIpc) is 2.41. The van der Waals surface area contributed by atoms with Crippen LogP contribution in [-0.2, 0) is 6.54 Å². The van der Waals surface area contributed by atoms with Gasteiger partial charge in [-0.05, 0) is 17.7 Å². The minimum atomic E-state index is 0.911. The molecule has 1 aliphatic heterocycles. The lowest BCUT2D eigenvalue weighted by molar-refractivity contribution is 0.223. The van der Waals surface area contributed by atoms with Gasteiger partial charge in [0.2, 0.25) is 0 Å². The summed E-state index contributed by atoms with van der Waals surface area (Å²) >= 11 is 0. The van der Waals surface area contributed by atoms with Gasteiger partial charge in [-0.15, -0.1) is 0 Å². The fourth-order valence-corrected chi connectivity index (χ4v) is 1.97. The Morgan fingerprint density at radius 2 is 1.94 bits per heavy atom. The quantitative estimate of drug-likeness (QED) is 0.785. The summed E-state index contributed by atoms with van der Waals surface area (Å²) in [6.07, 6.45) is 0. The molecule has 0 spiro atoms. The highest BCUT2D eigenvalue weighted by Crippen LogP contribution is 2.10. The summed E-state index contributed by atoms with van der Waals surface area (Å²) in [5.41, 5.74) is 1.29. The number of nitrogens with one attached hydrogen (secondary N) is 2. The Morgan fingerprint density at radius 1 is 1.24 bits per heavy atom. The molecule has 0 bridgehead atoms. The van der Waals surface area contributed by atoms with Gasteiger partial charge >= 0.3 is 0 Å². The topological polar surface area (TPSA) is 36.5 Å². The van der Waals surface area contributed by atoms with Crippen molar-refractivity contribution in [1.82, 2.24) is 15.5 Å². The van der Waals surface area contributed by atoms with Crippen LogP contribution in [0.4, 0.5) is 0 Å². The monoisotopic (exact) mass is 235 g/mol. The van der Waals surface area contributed by atoms with Crippen LogP contribution in [0, 0.1) is 0 Å². The van der Waals surface area contributed by atoms with Crippen molar-refractivity contribution in [3.8, 4) is 5.75 Å². The SMILES string of the molecule is COc1ccc(CNCN2CCNCC2)cc1. The molecule has 94 valence electrons. The fraction of sp³-hybridized carbons (Fsp3) is 0.538. The standard InChI is InChI=1S/C13H21N3O/c1-17-13-4-2-12(3-5-13)10-15-11-16-8-6-14-7-9-16/h2-5,14-15H,6-11H2,1H3. The maximum Gasteiger partial charge on any atom is 0.118 e. The molecule has 0 atom stereocenters. The van der Waals surface area contributed by atoms with Crippen LogP contribution in [0.25, 0.3) is 0 Å².